The van der Waals surface area contributed by atoms with Crippen molar-refractivity contribution in [1.82, 2.24) is 0 Å². The molecule has 0 saturated heterocycles. The van der Waals surface area contributed by atoms with Gasteiger partial charge in [0.2, 0.25) is 0 Å². The Bertz CT molecular complexity index is 437. The van der Waals surface area contributed by atoms with Crippen LogP contribution in [0.4, 0.5) is 0 Å². The second-order valence-corrected chi connectivity index (χ2v) is 3.60. The van der Waals surface area contributed by atoms with E-state index in [0.717, 1.165) is 12.0 Å². The third kappa shape index (κ3) is 3.44. The third-order valence-electron chi connectivity index (χ3n) is 2.56. The number of aromatic hydroxyl groups is 1. The van der Waals surface area contributed by atoms with E-state index in [2.05, 4.69) is 31.2 Å². The van der Waals surface area contributed by atoms with E-state index in [0.29, 0.717) is 5.75 Å². The van der Waals surface area contributed by atoms with E-state index >= 15 is 0 Å². The molecule has 0 aliphatic heterocycles. The first-order valence-corrected chi connectivity index (χ1v) is 5.18. The Labute approximate surface area is 140 Å². The van der Waals surface area contributed by atoms with Gasteiger partial charge in [0.1, 0.15) is 5.75 Å². The molecule has 0 saturated carbocycles. The van der Waals surface area contributed by atoms with Gasteiger partial charge in [-0.2, -0.15) is 0 Å². The number of phenolic OH excluding ortho intramolecular Hbond substituents is 1. The summed E-state index contributed by atoms with van der Waals surface area (Å²) in [5.41, 5.74) is 3.67. The zero-order valence-corrected chi connectivity index (χ0v) is 12.9. The molecule has 0 aromatic heterocycles. The number of hydrogen-bond acceptors (Lipinski definition) is 1. The molecule has 1 nitrogen and oxygen atoms in total. The summed E-state index contributed by atoms with van der Waals surface area (Å²) in [7, 11) is 0. The summed E-state index contributed by atoms with van der Waals surface area (Å²) in [6.07, 6.45) is 1.07. The zero-order chi connectivity index (χ0) is 10.7. The van der Waals surface area contributed by atoms with Gasteiger partial charge in [0, 0.05) is 0 Å². The van der Waals surface area contributed by atoms with Crippen LogP contribution in [0.1, 0.15) is 13.9 Å². The number of aryl methyl sites for hydroxylation is 1. The number of benzene rings is 2. The van der Waals surface area contributed by atoms with Gasteiger partial charge in [-0.25, -0.2) is 0 Å². The van der Waals surface area contributed by atoms with Gasteiger partial charge >= 0.3 is 51.4 Å². The summed E-state index contributed by atoms with van der Waals surface area (Å²) < 4.78 is 0. The maximum atomic E-state index is 9.19. The molecule has 78 valence electrons. The van der Waals surface area contributed by atoms with Crippen LogP contribution in [0.25, 0.3) is 11.1 Å². The molecule has 0 radical (unpaired) electrons. The Kier molecular flexibility index (Phi) is 5.73. The Morgan fingerprint density at radius 2 is 1.31 bits per heavy atom. The molecule has 0 aliphatic rings. The quantitative estimate of drug-likeness (QED) is 0.765. The molecule has 2 aromatic rings. The van der Waals surface area contributed by atoms with Crippen LogP contribution >= 0.6 is 0 Å². The summed E-state index contributed by atoms with van der Waals surface area (Å²) in [6, 6.07) is 15.8. The van der Waals surface area contributed by atoms with Gasteiger partial charge in [0.15, 0.2) is 0 Å². The van der Waals surface area contributed by atoms with Crippen LogP contribution in [0.2, 0.25) is 0 Å². The van der Waals surface area contributed by atoms with Gasteiger partial charge in [-0.05, 0) is 35.2 Å². The fourth-order valence-corrected chi connectivity index (χ4v) is 1.59. The molecule has 0 fully saturated rings. The van der Waals surface area contributed by atoms with Crippen molar-refractivity contribution in [3.05, 3.63) is 54.1 Å². The molecule has 2 aromatic carbocycles. The average molecular weight is 238 g/mol. The van der Waals surface area contributed by atoms with Gasteiger partial charge in [-0.3, -0.25) is 0 Å². The van der Waals surface area contributed by atoms with Crippen LogP contribution < -0.4 is 51.4 Å². The Morgan fingerprint density at radius 3 is 1.75 bits per heavy atom. The van der Waals surface area contributed by atoms with E-state index in [1.165, 1.54) is 11.1 Å². The van der Waals surface area contributed by atoms with Gasteiger partial charge in [-0.1, -0.05) is 43.3 Å². The molecule has 0 unspecified atom stereocenters. The number of rotatable bonds is 2. The van der Waals surface area contributed by atoms with Gasteiger partial charge < -0.3 is 6.53 Å². The second-order valence-electron chi connectivity index (χ2n) is 3.60. The van der Waals surface area contributed by atoms with Crippen LogP contribution in [0.5, 0.6) is 5.75 Å². The van der Waals surface area contributed by atoms with E-state index in [1.54, 1.807) is 12.1 Å². The van der Waals surface area contributed by atoms with Crippen molar-refractivity contribution in [2.24, 2.45) is 0 Å². The van der Waals surface area contributed by atoms with Gasteiger partial charge in [0.05, 0.1) is 0 Å². The molecule has 0 amide bonds. The molecule has 0 heterocycles. The summed E-state index contributed by atoms with van der Waals surface area (Å²) in [6.45, 7) is 2.15. The van der Waals surface area contributed by atoms with Crippen LogP contribution in [0, 0.1) is 0 Å². The third-order valence-corrected chi connectivity index (χ3v) is 2.56. The second kappa shape index (κ2) is 6.57. The average Bonchev–Trinajstić information content (AvgIpc) is 2.30. The van der Waals surface area contributed by atoms with Crippen molar-refractivity contribution in [3.8, 4) is 16.9 Å². The molecule has 0 aliphatic carbocycles. The van der Waals surface area contributed by atoms with Crippen LogP contribution in [-0.2, 0) is 6.42 Å². The zero-order valence-electron chi connectivity index (χ0n) is 10.8. The first kappa shape index (κ1) is 13.9. The standard InChI is InChI=1S/C14H14O.K.H/c1-2-11-3-5-12(6-4-11)13-7-9-14(15)10-8-13;;/h3-10,15H,2H2,1H3;;/q;+1;-1. The summed E-state index contributed by atoms with van der Waals surface area (Å²) in [5, 5.41) is 9.19. The Morgan fingerprint density at radius 1 is 0.875 bits per heavy atom. The fourth-order valence-electron chi connectivity index (χ4n) is 1.59. The van der Waals surface area contributed by atoms with E-state index in [4.69, 9.17) is 0 Å². The molecule has 1 N–H and O–H groups in total. The fraction of sp³-hybridized carbons (Fsp3) is 0.143. The number of hydrogen-bond donors (Lipinski definition) is 1. The van der Waals surface area contributed by atoms with Crippen molar-refractivity contribution in [1.29, 1.82) is 0 Å². The number of phenols is 1. The molecule has 0 spiro atoms. The molecule has 16 heavy (non-hydrogen) atoms. The predicted molar refractivity (Wildman–Crippen MR) is 64.0 cm³/mol. The van der Waals surface area contributed by atoms with E-state index in [9.17, 15) is 5.11 Å². The summed E-state index contributed by atoms with van der Waals surface area (Å²) in [4.78, 5) is 0. The molecule has 2 rings (SSSR count). The summed E-state index contributed by atoms with van der Waals surface area (Å²) in [5.74, 6) is 0.309. The van der Waals surface area contributed by atoms with Crippen molar-refractivity contribution in [2.45, 2.75) is 13.3 Å². The maximum absolute atomic E-state index is 9.19. The van der Waals surface area contributed by atoms with E-state index < -0.39 is 0 Å². The monoisotopic (exact) mass is 238 g/mol. The first-order chi connectivity index (χ1) is 7.29. The first-order valence-electron chi connectivity index (χ1n) is 5.18. The molecule has 2 heteroatoms. The van der Waals surface area contributed by atoms with Crippen LogP contribution in [-0.4, -0.2) is 5.11 Å². The van der Waals surface area contributed by atoms with E-state index in [1.807, 2.05) is 12.1 Å². The largest absolute Gasteiger partial charge is 1.00 e. The molecular weight excluding hydrogens is 223 g/mol. The topological polar surface area (TPSA) is 20.2 Å². The van der Waals surface area contributed by atoms with Gasteiger partial charge in [-0.15, -0.1) is 0 Å². The molecular formula is C14H15KO. The maximum Gasteiger partial charge on any atom is 1.00 e. The predicted octanol–water partition coefficient (Wildman–Crippen LogP) is 0.738. The minimum Gasteiger partial charge on any atom is -1.00 e. The van der Waals surface area contributed by atoms with Crippen molar-refractivity contribution in [2.75, 3.05) is 0 Å². The summed E-state index contributed by atoms with van der Waals surface area (Å²) >= 11 is 0. The van der Waals surface area contributed by atoms with Crippen LogP contribution in [0.3, 0.4) is 0 Å². The van der Waals surface area contributed by atoms with Crippen LogP contribution in [0.15, 0.2) is 48.5 Å². The smallest absolute Gasteiger partial charge is 1.00 e. The normalized spacial score (nSPS) is 9.56. The van der Waals surface area contributed by atoms with Crippen molar-refractivity contribution >= 4 is 0 Å². The van der Waals surface area contributed by atoms with Crippen molar-refractivity contribution in [3.63, 3.8) is 0 Å². The Balaban J connectivity index is 0.00000128. The molecule has 0 bridgehead atoms. The van der Waals surface area contributed by atoms with Crippen molar-refractivity contribution < 1.29 is 57.9 Å². The Hall–Kier alpha value is -0.124. The minimum atomic E-state index is 0. The SMILES string of the molecule is CCc1ccc(-c2ccc(O)cc2)cc1.[H-].[K+]. The van der Waals surface area contributed by atoms with Gasteiger partial charge in [0.25, 0.3) is 0 Å². The molecule has 0 atom stereocenters. The van der Waals surface area contributed by atoms with E-state index in [-0.39, 0.29) is 52.8 Å². The minimum absolute atomic E-state index is 0.